The zero-order chi connectivity index (χ0) is 22.1. The van der Waals surface area contributed by atoms with Crippen LogP contribution in [0.5, 0.6) is 0 Å². The Hall–Kier alpha value is -1.99. The van der Waals surface area contributed by atoms with Gasteiger partial charge in [0.2, 0.25) is 10.0 Å². The summed E-state index contributed by atoms with van der Waals surface area (Å²) in [6.45, 7) is 4.54. The second-order valence-corrected chi connectivity index (χ2v) is 10.8. The molecule has 30 heavy (non-hydrogen) atoms. The number of carbonyl (C=O) groups excluding carboxylic acids is 1. The molecule has 7 heteroatoms. The van der Waals surface area contributed by atoms with E-state index in [1.165, 1.54) is 37.6 Å². The second kappa shape index (κ2) is 11.4. The van der Waals surface area contributed by atoms with Gasteiger partial charge in [0.1, 0.15) is 0 Å². The minimum Gasteiger partial charge on any atom is -0.322 e. The molecule has 2 aromatic carbocycles. The number of nitrogens with one attached hydrogen (secondary N) is 1. The Kier molecular flexibility index (Phi) is 9.24. The number of thioether (sulfide) groups is 1. The number of unbranched alkanes of at least 4 members (excludes halogenated alkanes) is 1. The van der Waals surface area contributed by atoms with Gasteiger partial charge < -0.3 is 5.32 Å². The van der Waals surface area contributed by atoms with Crippen molar-refractivity contribution in [3.8, 4) is 0 Å². The number of amides is 1. The molecule has 0 spiro atoms. The lowest BCUT2D eigenvalue weighted by Gasteiger charge is -2.19. The van der Waals surface area contributed by atoms with E-state index in [1.807, 2.05) is 36.0 Å². The topological polar surface area (TPSA) is 66.5 Å². The van der Waals surface area contributed by atoms with Crippen LogP contribution in [0.3, 0.4) is 0 Å². The lowest BCUT2D eigenvalue weighted by Crippen LogP contribution is -2.27. The van der Waals surface area contributed by atoms with E-state index in [1.54, 1.807) is 24.3 Å². The highest BCUT2D eigenvalue weighted by Gasteiger charge is 2.19. The highest BCUT2D eigenvalue weighted by Crippen LogP contribution is 2.25. The van der Waals surface area contributed by atoms with E-state index in [0.29, 0.717) is 16.9 Å². The smallest absolute Gasteiger partial charge is 0.257 e. The maximum Gasteiger partial charge on any atom is 0.257 e. The monoisotopic (exact) mass is 448 g/mol. The molecule has 164 valence electrons. The van der Waals surface area contributed by atoms with E-state index in [9.17, 15) is 13.2 Å². The second-order valence-electron chi connectivity index (χ2n) is 7.58. The molecule has 0 fully saturated rings. The molecule has 0 saturated carbocycles. The van der Waals surface area contributed by atoms with Gasteiger partial charge in [-0.2, -0.15) is 0 Å². The van der Waals surface area contributed by atoms with Crippen molar-refractivity contribution >= 4 is 39.1 Å². The molecule has 0 aromatic heterocycles. The van der Waals surface area contributed by atoms with Gasteiger partial charge in [0, 0.05) is 17.6 Å². The quantitative estimate of drug-likeness (QED) is 0.357. The fraction of sp³-hybridized carbons (Fsp3) is 0.435. The molecule has 0 saturated heterocycles. The zero-order valence-corrected chi connectivity index (χ0v) is 19.9. The Morgan fingerprint density at radius 3 is 2.40 bits per heavy atom. The number of nitrogens with zero attached hydrogens (tertiary/aromatic N) is 1. The molecule has 1 atom stereocenters. The van der Waals surface area contributed by atoms with Crippen molar-refractivity contribution in [1.82, 2.24) is 0 Å². The van der Waals surface area contributed by atoms with Crippen molar-refractivity contribution in [3.63, 3.8) is 0 Å². The first kappa shape index (κ1) is 24.3. The molecule has 0 aliphatic carbocycles. The standard InChI is InChI=1S/C23H32N2O3S2/c1-5-18(2)10-8-9-17-29-20-15-13-19(14-16-20)24-23(26)21-11-6-7-12-22(21)25(3)30(4,27)28/h6-7,11-16,18H,5,8-10,17H2,1-4H3,(H,24,26)/t18-/m1/s1. The van der Waals surface area contributed by atoms with Crippen LogP contribution in [0.1, 0.15) is 49.9 Å². The SMILES string of the molecule is CC[C@@H](C)CCCCSc1ccc(NC(=O)c2ccccc2N(C)S(C)(=O)=O)cc1. The van der Waals surface area contributed by atoms with Gasteiger partial charge in [0.15, 0.2) is 0 Å². The molecule has 0 radical (unpaired) electrons. The lowest BCUT2D eigenvalue weighted by molar-refractivity contribution is 0.102. The summed E-state index contributed by atoms with van der Waals surface area (Å²) in [5.41, 5.74) is 1.34. The summed E-state index contributed by atoms with van der Waals surface area (Å²) in [5, 5.41) is 2.86. The number of anilines is 2. The summed E-state index contributed by atoms with van der Waals surface area (Å²) in [4.78, 5) is 13.9. The summed E-state index contributed by atoms with van der Waals surface area (Å²) < 4.78 is 24.9. The molecule has 0 heterocycles. The molecule has 0 aliphatic heterocycles. The summed E-state index contributed by atoms with van der Waals surface area (Å²) >= 11 is 1.83. The Bertz CT molecular complexity index is 928. The highest BCUT2D eigenvalue weighted by molar-refractivity contribution is 7.99. The summed E-state index contributed by atoms with van der Waals surface area (Å²) in [5.74, 6) is 1.56. The van der Waals surface area contributed by atoms with Gasteiger partial charge in [0.05, 0.1) is 17.5 Å². The lowest BCUT2D eigenvalue weighted by atomic mass is 10.0. The van der Waals surface area contributed by atoms with Crippen LogP contribution in [-0.4, -0.2) is 33.4 Å². The van der Waals surface area contributed by atoms with E-state index in [0.717, 1.165) is 22.2 Å². The molecule has 5 nitrogen and oxygen atoms in total. The molecular weight excluding hydrogens is 416 g/mol. The number of rotatable bonds is 11. The van der Waals surface area contributed by atoms with E-state index in [-0.39, 0.29) is 5.91 Å². The molecule has 0 bridgehead atoms. The Morgan fingerprint density at radius 1 is 1.10 bits per heavy atom. The van der Waals surface area contributed by atoms with Crippen LogP contribution in [0.15, 0.2) is 53.4 Å². The van der Waals surface area contributed by atoms with Crippen LogP contribution in [0, 0.1) is 5.92 Å². The van der Waals surface area contributed by atoms with Gasteiger partial charge in [-0.3, -0.25) is 9.10 Å². The van der Waals surface area contributed by atoms with Crippen LogP contribution in [0.2, 0.25) is 0 Å². The fourth-order valence-electron chi connectivity index (χ4n) is 2.94. The molecule has 0 unspecified atom stereocenters. The third kappa shape index (κ3) is 7.36. The van der Waals surface area contributed by atoms with Gasteiger partial charge in [-0.15, -0.1) is 11.8 Å². The van der Waals surface area contributed by atoms with Gasteiger partial charge in [-0.25, -0.2) is 8.42 Å². The van der Waals surface area contributed by atoms with E-state index in [4.69, 9.17) is 0 Å². The number of benzene rings is 2. The van der Waals surface area contributed by atoms with Crippen molar-refractivity contribution in [2.45, 2.75) is 44.4 Å². The highest BCUT2D eigenvalue weighted by atomic mass is 32.2. The van der Waals surface area contributed by atoms with Gasteiger partial charge >= 0.3 is 0 Å². The van der Waals surface area contributed by atoms with Crippen molar-refractivity contribution < 1.29 is 13.2 Å². The minimum absolute atomic E-state index is 0.310. The molecular formula is C23H32N2O3S2. The fourth-order valence-corrected chi connectivity index (χ4v) is 4.37. The van der Waals surface area contributed by atoms with Gasteiger partial charge in [0.25, 0.3) is 5.91 Å². The van der Waals surface area contributed by atoms with E-state index < -0.39 is 10.0 Å². The van der Waals surface area contributed by atoms with Crippen LogP contribution in [0.25, 0.3) is 0 Å². The predicted octanol–water partition coefficient (Wildman–Crippen LogP) is 5.64. The third-order valence-electron chi connectivity index (χ3n) is 5.15. The molecule has 1 amide bonds. The van der Waals surface area contributed by atoms with Crippen LogP contribution in [-0.2, 0) is 10.0 Å². The van der Waals surface area contributed by atoms with Crippen molar-refractivity contribution in [2.24, 2.45) is 5.92 Å². The van der Waals surface area contributed by atoms with Gasteiger partial charge in [-0.1, -0.05) is 45.2 Å². The van der Waals surface area contributed by atoms with Crippen LogP contribution in [0.4, 0.5) is 11.4 Å². The normalized spacial score (nSPS) is 12.4. The summed E-state index contributed by atoms with van der Waals surface area (Å²) in [6.07, 6.45) is 6.12. The maximum absolute atomic E-state index is 12.7. The molecule has 0 aliphatic rings. The first-order valence-corrected chi connectivity index (χ1v) is 13.1. The first-order chi connectivity index (χ1) is 14.2. The van der Waals surface area contributed by atoms with Crippen LogP contribution >= 0.6 is 11.8 Å². The van der Waals surface area contributed by atoms with Crippen LogP contribution < -0.4 is 9.62 Å². The van der Waals surface area contributed by atoms with Crippen molar-refractivity contribution in [3.05, 3.63) is 54.1 Å². The average molecular weight is 449 g/mol. The largest absolute Gasteiger partial charge is 0.322 e. The molecule has 2 aromatic rings. The molecule has 1 N–H and O–H groups in total. The van der Waals surface area contributed by atoms with Crippen molar-refractivity contribution in [1.29, 1.82) is 0 Å². The summed E-state index contributed by atoms with van der Waals surface area (Å²) in [6, 6.07) is 14.4. The van der Waals surface area contributed by atoms with Gasteiger partial charge in [-0.05, 0) is 54.5 Å². The number of hydrogen-bond acceptors (Lipinski definition) is 4. The average Bonchev–Trinajstić information content (AvgIpc) is 2.73. The third-order valence-corrected chi connectivity index (χ3v) is 7.44. The number of carbonyl (C=O) groups is 1. The van der Waals surface area contributed by atoms with E-state index >= 15 is 0 Å². The Morgan fingerprint density at radius 2 is 1.77 bits per heavy atom. The Balaban J connectivity index is 1.94. The molecule has 2 rings (SSSR count). The first-order valence-electron chi connectivity index (χ1n) is 10.3. The minimum atomic E-state index is -3.46. The number of hydrogen-bond donors (Lipinski definition) is 1. The summed E-state index contributed by atoms with van der Waals surface area (Å²) in [7, 11) is -2.02. The number of sulfonamides is 1. The van der Waals surface area contributed by atoms with E-state index in [2.05, 4.69) is 19.2 Å². The zero-order valence-electron chi connectivity index (χ0n) is 18.2. The van der Waals surface area contributed by atoms with Crippen molar-refractivity contribution in [2.75, 3.05) is 28.7 Å². The Labute approximate surface area is 185 Å². The maximum atomic E-state index is 12.7. The predicted molar refractivity (Wildman–Crippen MR) is 128 cm³/mol. The number of para-hydroxylation sites is 1.